The maximum Gasteiger partial charge on any atom is 0.523 e. The van der Waals surface area contributed by atoms with Crippen LogP contribution in [0.25, 0.3) is 0 Å². The second kappa shape index (κ2) is 5.31. The lowest BCUT2D eigenvalue weighted by molar-refractivity contribution is -0.0497. The van der Waals surface area contributed by atoms with Crippen molar-refractivity contribution in [2.45, 2.75) is 55.5 Å². The molecule has 0 N–H and O–H groups in total. The molecule has 122 valence electrons. The maximum atomic E-state index is 12.7. The number of halogens is 4. The van der Waals surface area contributed by atoms with Gasteiger partial charge in [-0.2, -0.15) is 21.6 Å². The van der Waals surface area contributed by atoms with Crippen LogP contribution >= 0.6 is 26.2 Å². The van der Waals surface area contributed by atoms with E-state index in [-0.39, 0.29) is 5.75 Å². The summed E-state index contributed by atoms with van der Waals surface area (Å²) in [6.07, 6.45) is 1.30. The topological polar surface area (TPSA) is 43.4 Å². The predicted molar refractivity (Wildman–Crippen MR) is 79.7 cm³/mol. The predicted octanol–water partition coefficient (Wildman–Crippen LogP) is 4.32. The minimum absolute atomic E-state index is 0.280. The molecule has 0 aromatic rings. The van der Waals surface area contributed by atoms with Gasteiger partial charge in [-0.05, 0) is 12.8 Å². The molecule has 0 saturated carbocycles. The third-order valence-electron chi connectivity index (χ3n) is 3.97. The molecule has 0 aromatic carbocycles. The molecule has 1 heterocycles. The Morgan fingerprint density at radius 1 is 1.15 bits per heavy atom. The Hall–Kier alpha value is 0.530. The zero-order chi connectivity index (χ0) is 16.0. The number of alkyl halides is 4. The molecule has 0 unspecified atom stereocenters. The first-order valence-corrected chi connectivity index (χ1v) is 10.4. The second-order valence-electron chi connectivity index (χ2n) is 6.06. The summed E-state index contributed by atoms with van der Waals surface area (Å²) in [4.78, 5) is 0. The van der Waals surface area contributed by atoms with Crippen LogP contribution in [-0.4, -0.2) is 34.5 Å². The first-order valence-electron chi connectivity index (χ1n) is 6.11. The molecule has 0 radical (unpaired) electrons. The van der Waals surface area contributed by atoms with Gasteiger partial charge in [-0.1, -0.05) is 43.6 Å². The van der Waals surface area contributed by atoms with Crippen molar-refractivity contribution in [2.24, 2.45) is 0 Å². The number of hydrogen-bond donors (Lipinski definition) is 0. The van der Waals surface area contributed by atoms with Crippen molar-refractivity contribution in [3.8, 4) is 0 Å². The summed E-state index contributed by atoms with van der Waals surface area (Å²) in [6, 6.07) is 0. The van der Waals surface area contributed by atoms with Gasteiger partial charge < -0.3 is 0 Å². The Balaban J connectivity index is 3.37. The van der Waals surface area contributed by atoms with Gasteiger partial charge in [-0.25, -0.2) is 3.63 Å². The standard InChI is InChI=1S/C11H20BrF3O3S2/c1-9(2)5-6-10(3,4)19(9,8-7-12)18-20(16,17)11(13,14)15/h5-8H2,1-4H3. The van der Waals surface area contributed by atoms with Crippen LogP contribution in [0.3, 0.4) is 0 Å². The molecule has 0 bridgehead atoms. The van der Waals surface area contributed by atoms with Crippen LogP contribution in [0, 0.1) is 0 Å². The minimum atomic E-state index is -5.59. The molecular formula is C11H20BrF3O3S2. The van der Waals surface area contributed by atoms with Crippen LogP contribution in [0.1, 0.15) is 40.5 Å². The van der Waals surface area contributed by atoms with E-state index < -0.39 is 35.4 Å². The van der Waals surface area contributed by atoms with E-state index in [9.17, 15) is 21.6 Å². The smallest absolute Gasteiger partial charge is 0.212 e. The molecule has 9 heteroatoms. The van der Waals surface area contributed by atoms with Gasteiger partial charge >= 0.3 is 15.6 Å². The highest BCUT2D eigenvalue weighted by Crippen LogP contribution is 2.76. The van der Waals surface area contributed by atoms with Gasteiger partial charge in [0.1, 0.15) is 0 Å². The lowest BCUT2D eigenvalue weighted by atomic mass is 10.0. The van der Waals surface area contributed by atoms with Gasteiger partial charge in [0.15, 0.2) is 0 Å². The van der Waals surface area contributed by atoms with E-state index in [1.807, 2.05) is 0 Å². The fraction of sp³-hybridized carbons (Fsp3) is 1.00. The van der Waals surface area contributed by atoms with Crippen LogP contribution in [0.5, 0.6) is 0 Å². The quantitative estimate of drug-likeness (QED) is 0.521. The molecule has 0 amide bonds. The third-order valence-corrected chi connectivity index (χ3v) is 11.9. The van der Waals surface area contributed by atoms with Crippen molar-refractivity contribution in [1.29, 1.82) is 0 Å². The minimum Gasteiger partial charge on any atom is -0.212 e. The van der Waals surface area contributed by atoms with Crippen LogP contribution < -0.4 is 0 Å². The SMILES string of the molecule is CC1(C)CCC(C)(C)S1(CCBr)OS(=O)(=O)C(F)(F)F. The molecular weight excluding hydrogens is 381 g/mol. The van der Waals surface area contributed by atoms with E-state index in [2.05, 4.69) is 15.9 Å². The highest BCUT2D eigenvalue weighted by molar-refractivity contribution is 9.09. The molecule has 0 aromatic heterocycles. The highest BCUT2D eigenvalue weighted by atomic mass is 79.9. The Morgan fingerprint density at radius 3 is 1.85 bits per heavy atom. The molecule has 1 saturated heterocycles. The fourth-order valence-electron chi connectivity index (χ4n) is 2.75. The van der Waals surface area contributed by atoms with Crippen molar-refractivity contribution >= 4 is 36.4 Å². The lowest BCUT2D eigenvalue weighted by Gasteiger charge is -2.52. The summed E-state index contributed by atoms with van der Waals surface area (Å²) in [5.74, 6) is 0.280. The third kappa shape index (κ3) is 2.87. The summed E-state index contributed by atoms with van der Waals surface area (Å²) in [5, 5.41) is 0.405. The maximum absolute atomic E-state index is 12.7. The first kappa shape index (κ1) is 18.6. The van der Waals surface area contributed by atoms with E-state index in [1.165, 1.54) is 0 Å². The molecule has 1 fully saturated rings. The second-order valence-corrected chi connectivity index (χ2v) is 12.7. The molecule has 1 aliphatic rings. The Kier molecular flexibility index (Phi) is 4.93. The molecule has 20 heavy (non-hydrogen) atoms. The van der Waals surface area contributed by atoms with Crippen molar-refractivity contribution in [2.75, 3.05) is 11.1 Å². The van der Waals surface area contributed by atoms with Gasteiger partial charge in [-0.3, -0.25) is 0 Å². The van der Waals surface area contributed by atoms with Gasteiger partial charge in [0.2, 0.25) is 0 Å². The van der Waals surface area contributed by atoms with Gasteiger partial charge in [-0.15, -0.1) is 10.3 Å². The summed E-state index contributed by atoms with van der Waals surface area (Å²) in [5.41, 5.74) is -5.38. The monoisotopic (exact) mass is 400 g/mol. The molecule has 1 rings (SSSR count). The largest absolute Gasteiger partial charge is 0.523 e. The zero-order valence-corrected chi connectivity index (χ0v) is 15.1. The lowest BCUT2D eigenvalue weighted by Crippen LogP contribution is -2.41. The van der Waals surface area contributed by atoms with E-state index in [4.69, 9.17) is 3.63 Å². The van der Waals surface area contributed by atoms with Gasteiger partial charge in [0.25, 0.3) is 0 Å². The molecule has 3 nitrogen and oxygen atoms in total. The van der Waals surface area contributed by atoms with E-state index in [1.54, 1.807) is 27.7 Å². The Morgan fingerprint density at radius 2 is 1.55 bits per heavy atom. The first-order chi connectivity index (χ1) is 8.72. The average molecular weight is 401 g/mol. The molecule has 0 spiro atoms. The van der Waals surface area contributed by atoms with E-state index in [0.717, 1.165) is 0 Å². The average Bonchev–Trinajstić information content (AvgIpc) is 2.38. The van der Waals surface area contributed by atoms with Gasteiger partial charge in [0, 0.05) is 20.6 Å². The van der Waals surface area contributed by atoms with E-state index in [0.29, 0.717) is 18.2 Å². The van der Waals surface area contributed by atoms with Crippen molar-refractivity contribution in [1.82, 2.24) is 0 Å². The zero-order valence-electron chi connectivity index (χ0n) is 11.9. The normalized spacial score (nSPS) is 26.4. The highest BCUT2D eigenvalue weighted by Gasteiger charge is 2.61. The molecule has 1 aliphatic heterocycles. The Labute approximate surface area is 128 Å². The van der Waals surface area contributed by atoms with Crippen molar-refractivity contribution in [3.63, 3.8) is 0 Å². The summed E-state index contributed by atoms with van der Waals surface area (Å²) in [6.45, 7) is 7.19. The van der Waals surface area contributed by atoms with Gasteiger partial charge in [0.05, 0.1) is 0 Å². The van der Waals surface area contributed by atoms with Crippen LogP contribution in [0.2, 0.25) is 0 Å². The summed E-state index contributed by atoms with van der Waals surface area (Å²) in [7, 11) is -8.05. The van der Waals surface area contributed by atoms with E-state index >= 15 is 0 Å². The molecule has 0 atom stereocenters. The van der Waals surface area contributed by atoms with Crippen molar-refractivity contribution in [3.05, 3.63) is 0 Å². The van der Waals surface area contributed by atoms with Crippen LogP contribution in [0.4, 0.5) is 13.2 Å². The van der Waals surface area contributed by atoms with Crippen molar-refractivity contribution < 1.29 is 25.2 Å². The van der Waals surface area contributed by atoms with Crippen LogP contribution in [-0.2, 0) is 13.7 Å². The molecule has 0 aliphatic carbocycles. The fourth-order valence-corrected chi connectivity index (χ4v) is 11.1. The summed E-state index contributed by atoms with van der Waals surface area (Å²) >= 11 is 3.22. The van der Waals surface area contributed by atoms with Crippen LogP contribution in [0.15, 0.2) is 0 Å². The Bertz CT molecular complexity index is 456. The number of rotatable bonds is 4. The number of hydrogen-bond acceptors (Lipinski definition) is 3. The summed E-state index contributed by atoms with van der Waals surface area (Å²) < 4.78 is 64.9.